The van der Waals surface area contributed by atoms with Gasteiger partial charge in [0.15, 0.2) is 5.11 Å². The highest BCUT2D eigenvalue weighted by atomic mass is 35.5. The maximum Gasteiger partial charge on any atom is 0.174 e. The number of hydrogen-bond donors (Lipinski definition) is 2. The number of phenolic OH excluding ortho intramolecular Hbond substituents is 1. The van der Waals surface area contributed by atoms with Crippen molar-refractivity contribution in [3.05, 3.63) is 76.3 Å². The van der Waals surface area contributed by atoms with E-state index in [1.807, 2.05) is 23.1 Å². The standard InChI is InChI=1S/C27H32ClN5O2S/c1-18-16-21(19(2)32(18)11-5-10-31-12-14-35-15-13-31)26-25(22-6-3-4-9-29-22)30-27(36)33(26)23-17-20(28)7-8-24(23)34/h3-4,6-9,16-17,25-26,34H,5,10-15H2,1-2H3,(H,30,36). The van der Waals surface area contributed by atoms with Gasteiger partial charge in [0, 0.05) is 48.8 Å². The summed E-state index contributed by atoms with van der Waals surface area (Å²) in [4.78, 5) is 9.09. The van der Waals surface area contributed by atoms with Crippen molar-refractivity contribution in [1.82, 2.24) is 19.8 Å². The Kier molecular flexibility index (Phi) is 7.48. The molecule has 5 rings (SSSR count). The van der Waals surface area contributed by atoms with Crippen molar-refractivity contribution in [1.29, 1.82) is 0 Å². The van der Waals surface area contributed by atoms with E-state index in [4.69, 9.17) is 28.6 Å². The predicted octanol–water partition coefficient (Wildman–Crippen LogP) is 4.76. The average Bonchev–Trinajstić information content (AvgIpc) is 3.37. The van der Waals surface area contributed by atoms with E-state index in [1.54, 1.807) is 24.4 Å². The highest BCUT2D eigenvalue weighted by Gasteiger charge is 2.43. The molecule has 2 fully saturated rings. The molecule has 2 atom stereocenters. The molecule has 36 heavy (non-hydrogen) atoms. The number of nitrogens with zero attached hydrogens (tertiary/aromatic N) is 4. The number of benzene rings is 1. The molecule has 0 saturated carbocycles. The van der Waals surface area contributed by atoms with Crippen LogP contribution in [0.2, 0.25) is 5.02 Å². The smallest absolute Gasteiger partial charge is 0.174 e. The third kappa shape index (κ3) is 4.95. The normalized spacial score (nSPS) is 20.6. The molecule has 0 bridgehead atoms. The number of halogens is 1. The molecule has 1 aromatic carbocycles. The number of phenols is 1. The first kappa shape index (κ1) is 25.0. The van der Waals surface area contributed by atoms with Gasteiger partial charge >= 0.3 is 0 Å². The van der Waals surface area contributed by atoms with Crippen LogP contribution in [0.3, 0.4) is 0 Å². The second-order valence-corrected chi connectivity index (χ2v) is 10.2. The number of aryl methyl sites for hydroxylation is 1. The van der Waals surface area contributed by atoms with Crippen LogP contribution in [-0.4, -0.2) is 57.5 Å². The van der Waals surface area contributed by atoms with E-state index in [0.29, 0.717) is 15.8 Å². The summed E-state index contributed by atoms with van der Waals surface area (Å²) in [6.45, 7) is 9.98. The van der Waals surface area contributed by atoms with Crippen molar-refractivity contribution in [2.45, 2.75) is 38.9 Å². The molecule has 2 unspecified atom stereocenters. The molecule has 0 radical (unpaired) electrons. The van der Waals surface area contributed by atoms with E-state index < -0.39 is 0 Å². The Bertz CT molecular complexity index is 1230. The minimum atomic E-state index is -0.198. The third-order valence-electron chi connectivity index (χ3n) is 7.19. The molecule has 190 valence electrons. The van der Waals surface area contributed by atoms with Gasteiger partial charge < -0.3 is 24.6 Å². The fourth-order valence-corrected chi connectivity index (χ4v) is 5.87. The minimum absolute atomic E-state index is 0.134. The summed E-state index contributed by atoms with van der Waals surface area (Å²) >= 11 is 12.2. The summed E-state index contributed by atoms with van der Waals surface area (Å²) in [6, 6.07) is 12.8. The monoisotopic (exact) mass is 525 g/mol. The summed E-state index contributed by atoms with van der Waals surface area (Å²) in [5, 5.41) is 15.3. The van der Waals surface area contributed by atoms with Gasteiger partial charge in [0.25, 0.3) is 0 Å². The molecule has 0 amide bonds. The lowest BCUT2D eigenvalue weighted by Crippen LogP contribution is -2.37. The molecule has 2 aliphatic rings. The molecule has 7 nitrogen and oxygen atoms in total. The number of pyridine rings is 1. The Hall–Kier alpha value is -2.65. The van der Waals surface area contributed by atoms with Crippen LogP contribution in [0.1, 0.15) is 41.1 Å². The van der Waals surface area contributed by atoms with Crippen LogP contribution < -0.4 is 10.2 Å². The first-order chi connectivity index (χ1) is 17.4. The Labute approximate surface area is 222 Å². The topological polar surface area (TPSA) is 65.8 Å². The number of hydrogen-bond acceptors (Lipinski definition) is 5. The summed E-state index contributed by atoms with van der Waals surface area (Å²) in [5.41, 5.74) is 5.03. The van der Waals surface area contributed by atoms with Crippen LogP contribution in [0, 0.1) is 13.8 Å². The summed E-state index contributed by atoms with van der Waals surface area (Å²) in [5.74, 6) is 0.134. The molecule has 0 spiro atoms. The van der Waals surface area contributed by atoms with Crippen molar-refractivity contribution in [3.8, 4) is 5.75 Å². The number of ether oxygens (including phenoxy) is 1. The highest BCUT2D eigenvalue weighted by Crippen LogP contribution is 2.46. The Balaban J connectivity index is 1.50. The first-order valence-electron chi connectivity index (χ1n) is 12.4. The number of nitrogens with one attached hydrogen (secondary N) is 1. The fourth-order valence-electron chi connectivity index (χ4n) is 5.37. The van der Waals surface area contributed by atoms with E-state index in [-0.39, 0.29) is 17.8 Å². The van der Waals surface area contributed by atoms with Gasteiger partial charge in [-0.25, -0.2) is 0 Å². The molecule has 9 heteroatoms. The second kappa shape index (κ2) is 10.8. The summed E-state index contributed by atoms with van der Waals surface area (Å²) < 4.78 is 7.87. The molecule has 2 saturated heterocycles. The zero-order valence-corrected chi connectivity index (χ0v) is 22.2. The molecular formula is C27H32ClN5O2S. The van der Waals surface area contributed by atoms with Crippen molar-refractivity contribution in [2.24, 2.45) is 0 Å². The van der Waals surface area contributed by atoms with E-state index in [1.165, 1.54) is 11.4 Å². The van der Waals surface area contributed by atoms with Gasteiger partial charge in [-0.2, -0.15) is 0 Å². The van der Waals surface area contributed by atoms with Crippen molar-refractivity contribution in [3.63, 3.8) is 0 Å². The van der Waals surface area contributed by atoms with E-state index in [2.05, 4.69) is 39.7 Å². The molecular weight excluding hydrogens is 494 g/mol. The van der Waals surface area contributed by atoms with Crippen molar-refractivity contribution >= 4 is 34.6 Å². The summed E-state index contributed by atoms with van der Waals surface area (Å²) in [7, 11) is 0. The number of aromatic hydroxyl groups is 1. The maximum atomic E-state index is 10.8. The minimum Gasteiger partial charge on any atom is -0.506 e. The molecule has 2 aliphatic heterocycles. The SMILES string of the molecule is Cc1cc(C2C(c3ccccn3)NC(=S)N2c2cc(Cl)ccc2O)c(C)n1CCCN1CCOCC1. The van der Waals surface area contributed by atoms with Crippen molar-refractivity contribution in [2.75, 3.05) is 37.7 Å². The number of aromatic nitrogens is 2. The van der Waals surface area contributed by atoms with E-state index in [0.717, 1.165) is 57.1 Å². The van der Waals surface area contributed by atoms with Crippen LogP contribution >= 0.6 is 23.8 Å². The number of anilines is 1. The van der Waals surface area contributed by atoms with Crippen LogP contribution in [0.4, 0.5) is 5.69 Å². The molecule has 2 aromatic heterocycles. The summed E-state index contributed by atoms with van der Waals surface area (Å²) in [6.07, 6.45) is 2.87. The van der Waals surface area contributed by atoms with Crippen LogP contribution in [0.5, 0.6) is 5.75 Å². The van der Waals surface area contributed by atoms with Gasteiger partial charge in [-0.05, 0) is 74.4 Å². The largest absolute Gasteiger partial charge is 0.506 e. The highest BCUT2D eigenvalue weighted by molar-refractivity contribution is 7.80. The zero-order valence-electron chi connectivity index (χ0n) is 20.7. The van der Waals surface area contributed by atoms with Crippen molar-refractivity contribution < 1.29 is 9.84 Å². The lowest BCUT2D eigenvalue weighted by Gasteiger charge is -2.29. The lowest BCUT2D eigenvalue weighted by atomic mass is 9.96. The van der Waals surface area contributed by atoms with Gasteiger partial charge in [0.1, 0.15) is 5.75 Å². The Morgan fingerprint density at radius 2 is 1.94 bits per heavy atom. The number of rotatable bonds is 7. The van der Waals surface area contributed by atoms with Gasteiger partial charge in [0.05, 0.1) is 36.7 Å². The average molecular weight is 526 g/mol. The number of thiocarbonyl (C=S) groups is 1. The Morgan fingerprint density at radius 1 is 1.14 bits per heavy atom. The quantitative estimate of drug-likeness (QED) is 0.431. The van der Waals surface area contributed by atoms with Gasteiger partial charge in [-0.15, -0.1) is 0 Å². The molecule has 3 aromatic rings. The first-order valence-corrected chi connectivity index (χ1v) is 13.2. The van der Waals surface area contributed by atoms with Crippen LogP contribution in [0.25, 0.3) is 0 Å². The fraction of sp³-hybridized carbons (Fsp3) is 0.407. The Morgan fingerprint density at radius 3 is 2.69 bits per heavy atom. The van der Waals surface area contributed by atoms with E-state index >= 15 is 0 Å². The maximum absolute atomic E-state index is 10.8. The van der Waals surface area contributed by atoms with Crippen LogP contribution in [-0.2, 0) is 11.3 Å². The van der Waals surface area contributed by atoms with E-state index in [9.17, 15) is 5.11 Å². The van der Waals surface area contributed by atoms with Crippen LogP contribution in [0.15, 0.2) is 48.7 Å². The molecule has 2 N–H and O–H groups in total. The van der Waals surface area contributed by atoms with Gasteiger partial charge in [0.2, 0.25) is 0 Å². The van der Waals surface area contributed by atoms with Gasteiger partial charge in [-0.3, -0.25) is 9.88 Å². The number of morpholine rings is 1. The predicted molar refractivity (Wildman–Crippen MR) is 147 cm³/mol. The molecule has 4 heterocycles. The third-order valence-corrected chi connectivity index (χ3v) is 7.74. The second-order valence-electron chi connectivity index (χ2n) is 9.42. The lowest BCUT2D eigenvalue weighted by molar-refractivity contribution is 0.0369. The zero-order chi connectivity index (χ0) is 25.2. The molecule has 0 aliphatic carbocycles. The van der Waals surface area contributed by atoms with Gasteiger partial charge in [-0.1, -0.05) is 17.7 Å².